The predicted octanol–water partition coefficient (Wildman–Crippen LogP) is 3.14. The minimum Gasteiger partial charge on any atom is -0.328 e. The molecule has 0 atom stereocenters. The van der Waals surface area contributed by atoms with E-state index in [9.17, 15) is 0 Å². The molecule has 0 aliphatic carbocycles. The van der Waals surface area contributed by atoms with Crippen molar-refractivity contribution >= 4 is 27.0 Å². The van der Waals surface area contributed by atoms with Crippen LogP contribution < -0.4 is 0 Å². The normalized spacial score (nSPS) is 11.3. The quantitative estimate of drug-likeness (QED) is 0.743. The maximum atomic E-state index is 4.74. The van der Waals surface area contributed by atoms with Crippen LogP contribution in [-0.4, -0.2) is 19.3 Å². The number of aryl methyl sites for hydroxylation is 2. The largest absolute Gasteiger partial charge is 0.328 e. The van der Waals surface area contributed by atoms with Crippen LogP contribution in [-0.2, 0) is 20.0 Å². The minimum atomic E-state index is 0.813. The standard InChI is InChI=1S/C14H15BrN4/c1-3-19-13-5-4-11(15)7-12(13)17-14(19)6-10-8-16-18(2)9-10/h4-5,7-9H,3,6H2,1-2H3. The Morgan fingerprint density at radius 1 is 1.32 bits per heavy atom. The lowest BCUT2D eigenvalue weighted by Gasteiger charge is -2.04. The molecule has 0 saturated heterocycles. The van der Waals surface area contributed by atoms with Crippen LogP contribution in [0.1, 0.15) is 18.3 Å². The van der Waals surface area contributed by atoms with Crippen LogP contribution in [0.4, 0.5) is 0 Å². The Bertz CT molecular complexity index is 726. The van der Waals surface area contributed by atoms with E-state index in [1.54, 1.807) is 0 Å². The number of hydrogen-bond acceptors (Lipinski definition) is 2. The summed E-state index contributed by atoms with van der Waals surface area (Å²) in [5, 5.41) is 4.21. The lowest BCUT2D eigenvalue weighted by molar-refractivity contribution is 0.732. The van der Waals surface area contributed by atoms with Gasteiger partial charge in [0.1, 0.15) is 5.82 Å². The first-order valence-electron chi connectivity index (χ1n) is 6.29. The highest BCUT2D eigenvalue weighted by Gasteiger charge is 2.11. The van der Waals surface area contributed by atoms with Gasteiger partial charge in [0.05, 0.1) is 17.2 Å². The third-order valence-corrected chi connectivity index (χ3v) is 3.72. The molecular formula is C14H15BrN4. The molecule has 98 valence electrons. The van der Waals surface area contributed by atoms with Gasteiger partial charge in [-0.3, -0.25) is 4.68 Å². The van der Waals surface area contributed by atoms with Gasteiger partial charge in [0.2, 0.25) is 0 Å². The van der Waals surface area contributed by atoms with Crippen molar-refractivity contribution in [3.05, 3.63) is 46.5 Å². The summed E-state index contributed by atoms with van der Waals surface area (Å²) in [6, 6.07) is 6.24. The highest BCUT2D eigenvalue weighted by Crippen LogP contribution is 2.22. The summed E-state index contributed by atoms with van der Waals surface area (Å²) in [7, 11) is 1.93. The van der Waals surface area contributed by atoms with Crippen molar-refractivity contribution < 1.29 is 0 Å². The average Bonchev–Trinajstić information content (AvgIpc) is 2.92. The second-order valence-corrected chi connectivity index (χ2v) is 5.52. The number of halogens is 1. The van der Waals surface area contributed by atoms with Gasteiger partial charge in [-0.1, -0.05) is 15.9 Å². The Morgan fingerprint density at radius 2 is 2.16 bits per heavy atom. The summed E-state index contributed by atoms with van der Waals surface area (Å²) in [5.74, 6) is 1.09. The van der Waals surface area contributed by atoms with E-state index >= 15 is 0 Å². The van der Waals surface area contributed by atoms with Crippen molar-refractivity contribution in [2.24, 2.45) is 7.05 Å². The summed E-state index contributed by atoms with van der Waals surface area (Å²) < 4.78 is 5.15. The molecule has 3 rings (SSSR count). The first-order valence-corrected chi connectivity index (χ1v) is 7.09. The van der Waals surface area contributed by atoms with E-state index in [0.29, 0.717) is 0 Å². The third kappa shape index (κ3) is 2.30. The van der Waals surface area contributed by atoms with E-state index in [2.05, 4.69) is 50.7 Å². The number of imidazole rings is 1. The van der Waals surface area contributed by atoms with Crippen LogP contribution in [0.2, 0.25) is 0 Å². The van der Waals surface area contributed by atoms with Crippen LogP contribution >= 0.6 is 15.9 Å². The molecule has 2 aromatic heterocycles. The van der Waals surface area contributed by atoms with Crippen LogP contribution in [0.3, 0.4) is 0 Å². The maximum absolute atomic E-state index is 4.74. The molecule has 0 aliphatic heterocycles. The number of nitrogens with zero attached hydrogens (tertiary/aromatic N) is 4. The van der Waals surface area contributed by atoms with Gasteiger partial charge in [0, 0.05) is 30.7 Å². The predicted molar refractivity (Wildman–Crippen MR) is 79.1 cm³/mol. The van der Waals surface area contributed by atoms with Crippen molar-refractivity contribution in [2.45, 2.75) is 19.9 Å². The van der Waals surface area contributed by atoms with Gasteiger partial charge in [-0.2, -0.15) is 5.10 Å². The summed E-state index contributed by atoms with van der Waals surface area (Å²) in [5.41, 5.74) is 3.41. The molecule has 4 nitrogen and oxygen atoms in total. The van der Waals surface area contributed by atoms with Crippen molar-refractivity contribution in [1.82, 2.24) is 19.3 Å². The SMILES string of the molecule is CCn1c(Cc2cnn(C)c2)nc2cc(Br)ccc21. The molecule has 5 heteroatoms. The zero-order chi connectivity index (χ0) is 13.4. The highest BCUT2D eigenvalue weighted by atomic mass is 79.9. The van der Waals surface area contributed by atoms with Crippen molar-refractivity contribution in [3.63, 3.8) is 0 Å². The average molecular weight is 319 g/mol. The molecule has 0 unspecified atom stereocenters. The lowest BCUT2D eigenvalue weighted by Crippen LogP contribution is -2.02. The number of fused-ring (bicyclic) bond motifs is 1. The van der Waals surface area contributed by atoms with Gasteiger partial charge in [0.25, 0.3) is 0 Å². The van der Waals surface area contributed by atoms with Gasteiger partial charge in [-0.05, 0) is 30.7 Å². The van der Waals surface area contributed by atoms with Gasteiger partial charge in [0.15, 0.2) is 0 Å². The Morgan fingerprint density at radius 3 is 2.84 bits per heavy atom. The number of benzene rings is 1. The maximum Gasteiger partial charge on any atom is 0.114 e. The van der Waals surface area contributed by atoms with Crippen LogP contribution in [0.25, 0.3) is 11.0 Å². The van der Waals surface area contributed by atoms with Gasteiger partial charge in [-0.25, -0.2) is 4.98 Å². The van der Waals surface area contributed by atoms with E-state index in [1.165, 1.54) is 11.1 Å². The lowest BCUT2D eigenvalue weighted by atomic mass is 10.2. The highest BCUT2D eigenvalue weighted by molar-refractivity contribution is 9.10. The number of aromatic nitrogens is 4. The van der Waals surface area contributed by atoms with Crippen molar-refractivity contribution in [2.75, 3.05) is 0 Å². The van der Waals surface area contributed by atoms with E-state index in [4.69, 9.17) is 4.98 Å². The fraction of sp³-hybridized carbons (Fsp3) is 0.286. The van der Waals surface area contributed by atoms with Crippen LogP contribution in [0.5, 0.6) is 0 Å². The second kappa shape index (κ2) is 4.81. The van der Waals surface area contributed by atoms with Gasteiger partial charge in [-0.15, -0.1) is 0 Å². The zero-order valence-electron chi connectivity index (χ0n) is 11.0. The molecular weight excluding hydrogens is 304 g/mol. The zero-order valence-corrected chi connectivity index (χ0v) is 12.6. The first-order chi connectivity index (χ1) is 9.17. The Kier molecular flexibility index (Phi) is 3.14. The molecule has 3 aromatic rings. The molecule has 0 amide bonds. The van der Waals surface area contributed by atoms with E-state index in [0.717, 1.165) is 28.8 Å². The monoisotopic (exact) mass is 318 g/mol. The van der Waals surface area contributed by atoms with Crippen LogP contribution in [0, 0.1) is 0 Å². The summed E-state index contributed by atoms with van der Waals surface area (Å²) >= 11 is 3.50. The van der Waals surface area contributed by atoms with E-state index < -0.39 is 0 Å². The topological polar surface area (TPSA) is 35.6 Å². The Hall–Kier alpha value is -1.62. The molecule has 2 heterocycles. The smallest absolute Gasteiger partial charge is 0.114 e. The Labute approximate surface area is 120 Å². The molecule has 0 fully saturated rings. The van der Waals surface area contributed by atoms with Gasteiger partial charge < -0.3 is 4.57 Å². The second-order valence-electron chi connectivity index (χ2n) is 4.60. The summed E-state index contributed by atoms with van der Waals surface area (Å²) in [6.45, 7) is 3.07. The number of rotatable bonds is 3. The molecule has 19 heavy (non-hydrogen) atoms. The molecule has 0 spiro atoms. The molecule has 0 saturated carbocycles. The Balaban J connectivity index is 2.07. The summed E-state index contributed by atoms with van der Waals surface area (Å²) in [6.07, 6.45) is 4.75. The van der Waals surface area contributed by atoms with Crippen LogP contribution in [0.15, 0.2) is 35.1 Å². The summed E-state index contributed by atoms with van der Waals surface area (Å²) in [4.78, 5) is 4.74. The van der Waals surface area contributed by atoms with Gasteiger partial charge >= 0.3 is 0 Å². The van der Waals surface area contributed by atoms with Crippen molar-refractivity contribution in [1.29, 1.82) is 0 Å². The molecule has 0 bridgehead atoms. The fourth-order valence-corrected chi connectivity index (χ4v) is 2.74. The minimum absolute atomic E-state index is 0.813. The molecule has 0 N–H and O–H groups in total. The van der Waals surface area contributed by atoms with Crippen molar-refractivity contribution in [3.8, 4) is 0 Å². The molecule has 1 aromatic carbocycles. The van der Waals surface area contributed by atoms with E-state index in [1.807, 2.05) is 24.1 Å². The molecule has 0 aliphatic rings. The molecule has 0 radical (unpaired) electrons. The fourth-order valence-electron chi connectivity index (χ4n) is 2.39. The first kappa shape index (κ1) is 12.4. The van der Waals surface area contributed by atoms with E-state index in [-0.39, 0.29) is 0 Å². The third-order valence-electron chi connectivity index (χ3n) is 3.23. The number of hydrogen-bond donors (Lipinski definition) is 0.